The first-order valence-corrected chi connectivity index (χ1v) is 7.46. The van der Waals surface area contributed by atoms with Gasteiger partial charge in [0.2, 0.25) is 0 Å². The Hall–Kier alpha value is -1.36. The van der Waals surface area contributed by atoms with Crippen LogP contribution in [0, 0.1) is 0 Å². The molecular formula is C13H18O4S. The monoisotopic (exact) mass is 270 g/mol. The SMILES string of the molecule is CCOC(=O)C(c1ccccc1)S(=O)(=O)C(C)C. The summed E-state index contributed by atoms with van der Waals surface area (Å²) in [5, 5.41) is -1.87. The van der Waals surface area contributed by atoms with Gasteiger partial charge in [0, 0.05) is 0 Å². The third-order valence-corrected chi connectivity index (χ3v) is 5.02. The minimum Gasteiger partial charge on any atom is -0.465 e. The predicted octanol–water partition coefficient (Wildman–Crippen LogP) is 2.11. The maximum absolute atomic E-state index is 12.2. The summed E-state index contributed by atoms with van der Waals surface area (Å²) in [5.41, 5.74) is 0.449. The summed E-state index contributed by atoms with van der Waals surface area (Å²) in [5.74, 6) is -0.711. The second-order valence-corrected chi connectivity index (χ2v) is 6.77. The molecule has 4 nitrogen and oxygen atoms in total. The topological polar surface area (TPSA) is 60.4 Å². The summed E-state index contributed by atoms with van der Waals surface area (Å²) < 4.78 is 29.4. The number of carbonyl (C=O) groups is 1. The lowest BCUT2D eigenvalue weighted by Crippen LogP contribution is -2.29. The Bertz CT molecular complexity index is 491. The van der Waals surface area contributed by atoms with Gasteiger partial charge in [-0.1, -0.05) is 30.3 Å². The molecule has 0 N–H and O–H groups in total. The van der Waals surface area contributed by atoms with E-state index in [0.29, 0.717) is 5.56 Å². The molecule has 1 aromatic carbocycles. The molecule has 0 radical (unpaired) electrons. The van der Waals surface area contributed by atoms with Crippen molar-refractivity contribution < 1.29 is 17.9 Å². The van der Waals surface area contributed by atoms with Crippen LogP contribution in [0.2, 0.25) is 0 Å². The standard InChI is InChI=1S/C13H18O4S/c1-4-17-13(14)12(18(15,16)10(2)3)11-8-6-5-7-9-11/h5-10,12H,4H2,1-3H3. The van der Waals surface area contributed by atoms with Crippen LogP contribution in [0.1, 0.15) is 31.6 Å². The molecule has 18 heavy (non-hydrogen) atoms. The van der Waals surface area contributed by atoms with E-state index in [1.165, 1.54) is 0 Å². The van der Waals surface area contributed by atoms with Crippen LogP contribution >= 0.6 is 0 Å². The molecule has 1 aromatic rings. The van der Waals surface area contributed by atoms with Crippen molar-refractivity contribution in [3.05, 3.63) is 35.9 Å². The number of ether oxygens (including phenoxy) is 1. The van der Waals surface area contributed by atoms with E-state index in [-0.39, 0.29) is 6.61 Å². The Balaban J connectivity index is 3.24. The summed E-state index contributed by atoms with van der Waals surface area (Å²) in [6.45, 7) is 4.94. The van der Waals surface area contributed by atoms with Crippen molar-refractivity contribution in [2.45, 2.75) is 31.3 Å². The van der Waals surface area contributed by atoms with Crippen molar-refractivity contribution in [2.24, 2.45) is 0 Å². The van der Waals surface area contributed by atoms with E-state index < -0.39 is 26.3 Å². The van der Waals surface area contributed by atoms with E-state index in [1.54, 1.807) is 51.1 Å². The Morgan fingerprint density at radius 3 is 2.22 bits per heavy atom. The van der Waals surface area contributed by atoms with Gasteiger partial charge in [0.1, 0.15) is 0 Å². The highest BCUT2D eigenvalue weighted by Gasteiger charge is 2.37. The largest absolute Gasteiger partial charge is 0.465 e. The third kappa shape index (κ3) is 3.10. The van der Waals surface area contributed by atoms with Crippen LogP contribution in [0.4, 0.5) is 0 Å². The number of benzene rings is 1. The van der Waals surface area contributed by atoms with Crippen molar-refractivity contribution in [2.75, 3.05) is 6.61 Å². The first-order valence-electron chi connectivity index (χ1n) is 5.85. The fourth-order valence-electron chi connectivity index (χ4n) is 1.58. The van der Waals surface area contributed by atoms with E-state index in [2.05, 4.69) is 0 Å². The van der Waals surface area contributed by atoms with Gasteiger partial charge < -0.3 is 4.74 Å². The van der Waals surface area contributed by atoms with E-state index in [0.717, 1.165) is 0 Å². The number of hydrogen-bond acceptors (Lipinski definition) is 4. The van der Waals surface area contributed by atoms with Crippen molar-refractivity contribution in [3.63, 3.8) is 0 Å². The zero-order valence-electron chi connectivity index (χ0n) is 10.8. The number of carbonyl (C=O) groups excluding carboxylic acids is 1. The van der Waals surface area contributed by atoms with Gasteiger partial charge in [0.15, 0.2) is 15.1 Å². The first-order chi connectivity index (χ1) is 8.41. The number of hydrogen-bond donors (Lipinski definition) is 0. The van der Waals surface area contributed by atoms with Crippen LogP contribution in [0.5, 0.6) is 0 Å². The van der Waals surface area contributed by atoms with Gasteiger partial charge in [-0.2, -0.15) is 0 Å². The van der Waals surface area contributed by atoms with E-state index in [9.17, 15) is 13.2 Å². The molecule has 5 heteroatoms. The third-order valence-electron chi connectivity index (χ3n) is 2.59. The minimum atomic E-state index is -3.59. The van der Waals surface area contributed by atoms with Gasteiger partial charge in [-0.15, -0.1) is 0 Å². The number of sulfone groups is 1. The van der Waals surface area contributed by atoms with Gasteiger partial charge in [-0.3, -0.25) is 4.79 Å². The summed E-state index contributed by atoms with van der Waals surface area (Å²) in [6.07, 6.45) is 0. The second kappa shape index (κ2) is 6.00. The fraction of sp³-hybridized carbons (Fsp3) is 0.462. The molecule has 1 unspecified atom stereocenters. The highest BCUT2D eigenvalue weighted by molar-refractivity contribution is 7.92. The average molecular weight is 270 g/mol. The van der Waals surface area contributed by atoms with Crippen LogP contribution < -0.4 is 0 Å². The van der Waals surface area contributed by atoms with E-state index in [1.807, 2.05) is 0 Å². The lowest BCUT2D eigenvalue weighted by atomic mass is 10.1. The molecule has 0 saturated heterocycles. The molecule has 0 aliphatic heterocycles. The van der Waals surface area contributed by atoms with Gasteiger partial charge >= 0.3 is 5.97 Å². The normalized spacial score (nSPS) is 13.3. The van der Waals surface area contributed by atoms with Crippen LogP contribution in [0.25, 0.3) is 0 Å². The van der Waals surface area contributed by atoms with E-state index in [4.69, 9.17) is 4.74 Å². The van der Waals surface area contributed by atoms with Crippen LogP contribution in [0.3, 0.4) is 0 Å². The molecule has 0 bridgehead atoms. The fourth-order valence-corrected chi connectivity index (χ4v) is 2.99. The maximum atomic E-state index is 12.2. The Kier molecular flexibility index (Phi) is 4.90. The molecule has 0 aliphatic carbocycles. The molecule has 1 atom stereocenters. The molecular weight excluding hydrogens is 252 g/mol. The summed E-state index contributed by atoms with van der Waals surface area (Å²) in [7, 11) is -3.59. The predicted molar refractivity (Wildman–Crippen MR) is 69.9 cm³/mol. The summed E-state index contributed by atoms with van der Waals surface area (Å²) in [6, 6.07) is 8.44. The maximum Gasteiger partial charge on any atom is 0.328 e. The second-order valence-electron chi connectivity index (χ2n) is 4.18. The minimum absolute atomic E-state index is 0.162. The molecule has 1 rings (SSSR count). The van der Waals surface area contributed by atoms with Crippen molar-refractivity contribution in [1.82, 2.24) is 0 Å². The van der Waals surface area contributed by atoms with Crippen LogP contribution in [-0.4, -0.2) is 26.2 Å². The van der Waals surface area contributed by atoms with Gasteiger partial charge in [0.25, 0.3) is 0 Å². The van der Waals surface area contributed by atoms with Gasteiger partial charge in [-0.05, 0) is 26.3 Å². The zero-order chi connectivity index (χ0) is 13.8. The molecule has 0 spiro atoms. The van der Waals surface area contributed by atoms with Crippen molar-refractivity contribution in [3.8, 4) is 0 Å². The van der Waals surface area contributed by atoms with Crippen molar-refractivity contribution >= 4 is 15.8 Å². The smallest absolute Gasteiger partial charge is 0.328 e. The number of esters is 1. The Labute approximate surface area is 108 Å². The molecule has 0 saturated carbocycles. The summed E-state index contributed by atoms with van der Waals surface area (Å²) >= 11 is 0. The highest BCUT2D eigenvalue weighted by atomic mass is 32.2. The van der Waals surface area contributed by atoms with Crippen molar-refractivity contribution in [1.29, 1.82) is 0 Å². The molecule has 0 aliphatic rings. The number of rotatable bonds is 5. The first kappa shape index (κ1) is 14.7. The van der Waals surface area contributed by atoms with Crippen LogP contribution in [0.15, 0.2) is 30.3 Å². The summed E-state index contributed by atoms with van der Waals surface area (Å²) in [4.78, 5) is 11.9. The molecule has 0 aromatic heterocycles. The van der Waals surface area contributed by atoms with Gasteiger partial charge in [0.05, 0.1) is 11.9 Å². The Morgan fingerprint density at radius 1 is 1.22 bits per heavy atom. The lowest BCUT2D eigenvalue weighted by molar-refractivity contribution is -0.142. The van der Waals surface area contributed by atoms with Gasteiger partial charge in [-0.25, -0.2) is 8.42 Å². The zero-order valence-corrected chi connectivity index (χ0v) is 11.6. The quantitative estimate of drug-likeness (QED) is 0.769. The van der Waals surface area contributed by atoms with E-state index >= 15 is 0 Å². The highest BCUT2D eigenvalue weighted by Crippen LogP contribution is 2.27. The average Bonchev–Trinajstić information content (AvgIpc) is 2.30. The molecule has 0 fully saturated rings. The molecule has 0 heterocycles. The molecule has 100 valence electrons. The van der Waals surface area contributed by atoms with Crippen LogP contribution in [-0.2, 0) is 19.4 Å². The Morgan fingerprint density at radius 2 is 1.78 bits per heavy atom. The molecule has 0 amide bonds. The lowest BCUT2D eigenvalue weighted by Gasteiger charge is -2.18.